The van der Waals surface area contributed by atoms with E-state index in [9.17, 15) is 4.79 Å². The van der Waals surface area contributed by atoms with Gasteiger partial charge in [0.25, 0.3) is 5.91 Å². The van der Waals surface area contributed by atoms with Crippen molar-refractivity contribution in [2.45, 2.75) is 0 Å². The van der Waals surface area contributed by atoms with Gasteiger partial charge in [0.1, 0.15) is 11.3 Å². The van der Waals surface area contributed by atoms with Gasteiger partial charge in [-0.25, -0.2) is 4.98 Å². The van der Waals surface area contributed by atoms with Crippen molar-refractivity contribution in [2.24, 2.45) is 5.73 Å². The highest BCUT2D eigenvalue weighted by Gasteiger charge is 2.13. The topological polar surface area (TPSA) is 111 Å². The number of nitrogens with one attached hydrogen (secondary N) is 1. The number of carbonyl (C=O) groups excluding carboxylic acids is 1. The fraction of sp³-hybridized carbons (Fsp3) is 0. The third-order valence-corrected chi connectivity index (χ3v) is 1.99. The van der Waals surface area contributed by atoms with Crippen LogP contribution >= 0.6 is 11.6 Å². The molecule has 0 aliphatic rings. The first-order valence-electron chi connectivity index (χ1n) is 3.69. The van der Waals surface area contributed by atoms with Crippen LogP contribution < -0.4 is 11.5 Å². The first-order valence-corrected chi connectivity index (χ1v) is 4.07. The molecule has 72 valence electrons. The van der Waals surface area contributed by atoms with Crippen molar-refractivity contribution in [1.29, 1.82) is 0 Å². The molecule has 2 aromatic heterocycles. The molecule has 7 heteroatoms. The Balaban J connectivity index is 2.79. The van der Waals surface area contributed by atoms with Crippen LogP contribution in [0.3, 0.4) is 0 Å². The summed E-state index contributed by atoms with van der Waals surface area (Å²) in [5.41, 5.74) is 11.5. The Labute approximate surface area is 83.3 Å². The van der Waals surface area contributed by atoms with Crippen molar-refractivity contribution < 1.29 is 4.79 Å². The van der Waals surface area contributed by atoms with E-state index >= 15 is 0 Å². The van der Waals surface area contributed by atoms with E-state index in [4.69, 9.17) is 23.1 Å². The van der Waals surface area contributed by atoms with Crippen LogP contribution in [0.15, 0.2) is 6.20 Å². The lowest BCUT2D eigenvalue weighted by Gasteiger charge is -1.91. The largest absolute Gasteiger partial charge is 0.396 e. The lowest BCUT2D eigenvalue weighted by atomic mass is 10.3. The monoisotopic (exact) mass is 211 g/mol. The highest BCUT2D eigenvalue weighted by atomic mass is 35.5. The molecule has 0 fully saturated rings. The van der Waals surface area contributed by atoms with Gasteiger partial charge in [0.05, 0.1) is 11.1 Å². The molecule has 0 atom stereocenters. The Kier molecular flexibility index (Phi) is 1.78. The molecule has 6 nitrogen and oxygen atoms in total. The Morgan fingerprint density at radius 2 is 2.29 bits per heavy atom. The average molecular weight is 212 g/mol. The molecule has 5 N–H and O–H groups in total. The number of primary amides is 1. The zero-order chi connectivity index (χ0) is 10.3. The van der Waals surface area contributed by atoms with Crippen LogP contribution in [0, 0.1) is 0 Å². The van der Waals surface area contributed by atoms with Crippen molar-refractivity contribution in [3.8, 4) is 0 Å². The number of fused-ring (bicyclic) bond motifs is 1. The predicted molar refractivity (Wildman–Crippen MR) is 51.8 cm³/mol. The number of anilines is 1. The molecule has 0 bridgehead atoms. The van der Waals surface area contributed by atoms with Gasteiger partial charge in [-0.15, -0.1) is 0 Å². The van der Waals surface area contributed by atoms with Crippen LogP contribution in [-0.2, 0) is 0 Å². The quantitative estimate of drug-likeness (QED) is 0.589. The minimum Gasteiger partial charge on any atom is -0.396 e. The summed E-state index contributed by atoms with van der Waals surface area (Å²) in [6.07, 6.45) is 1.43. The highest BCUT2D eigenvalue weighted by molar-refractivity contribution is 6.28. The van der Waals surface area contributed by atoms with E-state index in [-0.39, 0.29) is 16.7 Å². The average Bonchev–Trinajstić information content (AvgIpc) is 2.43. The Bertz CT molecular complexity index is 520. The molecule has 0 aliphatic heterocycles. The summed E-state index contributed by atoms with van der Waals surface area (Å²) >= 11 is 5.56. The lowest BCUT2D eigenvalue weighted by molar-refractivity contribution is 0.0997. The molecular weight excluding hydrogens is 206 g/mol. The molecule has 0 spiro atoms. The minimum absolute atomic E-state index is 0.0785. The van der Waals surface area contributed by atoms with Crippen LogP contribution in [0.1, 0.15) is 10.5 Å². The number of rotatable bonds is 1. The molecule has 2 heterocycles. The van der Waals surface area contributed by atoms with E-state index in [0.29, 0.717) is 11.0 Å². The fourth-order valence-electron chi connectivity index (χ4n) is 1.17. The summed E-state index contributed by atoms with van der Waals surface area (Å²) in [6, 6.07) is 0. The van der Waals surface area contributed by atoms with Crippen molar-refractivity contribution in [2.75, 3.05) is 5.73 Å². The third-order valence-electron chi connectivity index (χ3n) is 1.81. The molecule has 0 saturated heterocycles. The van der Waals surface area contributed by atoms with Crippen molar-refractivity contribution >= 4 is 34.2 Å². The van der Waals surface area contributed by atoms with E-state index in [0.717, 1.165) is 0 Å². The Hall–Kier alpha value is -1.82. The zero-order valence-electron chi connectivity index (χ0n) is 6.91. The molecule has 1 amide bonds. The maximum atomic E-state index is 10.9. The van der Waals surface area contributed by atoms with Crippen molar-refractivity contribution in [1.82, 2.24) is 15.0 Å². The van der Waals surface area contributed by atoms with Gasteiger partial charge in [0.2, 0.25) is 5.28 Å². The highest BCUT2D eigenvalue weighted by Crippen LogP contribution is 2.22. The first-order chi connectivity index (χ1) is 6.59. The normalized spacial score (nSPS) is 10.6. The minimum atomic E-state index is -0.642. The van der Waals surface area contributed by atoms with Gasteiger partial charge < -0.3 is 16.5 Å². The lowest BCUT2D eigenvalue weighted by Crippen LogP contribution is -2.13. The van der Waals surface area contributed by atoms with Gasteiger partial charge >= 0.3 is 0 Å². The SMILES string of the molecule is NC(=O)c1[nH]c2nc(Cl)ncc2c1N. The van der Waals surface area contributed by atoms with Crippen LogP contribution in [0.2, 0.25) is 5.28 Å². The number of carbonyl (C=O) groups is 1. The number of aromatic nitrogens is 3. The van der Waals surface area contributed by atoms with E-state index in [1.807, 2.05) is 0 Å². The second kappa shape index (κ2) is 2.85. The number of hydrogen-bond donors (Lipinski definition) is 3. The molecule has 14 heavy (non-hydrogen) atoms. The molecule has 0 radical (unpaired) electrons. The fourth-order valence-corrected chi connectivity index (χ4v) is 1.30. The molecular formula is C7H6ClN5O. The molecule has 0 unspecified atom stereocenters. The standard InChI is InChI=1S/C7H6ClN5O/c8-7-11-1-2-3(9)4(5(10)14)12-6(2)13-7/h1H,9H2,(H2,10,14)(H,11,12,13). The van der Waals surface area contributed by atoms with Gasteiger partial charge in [0.15, 0.2) is 0 Å². The van der Waals surface area contributed by atoms with Crippen LogP contribution in [0.25, 0.3) is 11.0 Å². The van der Waals surface area contributed by atoms with Gasteiger partial charge in [-0.1, -0.05) is 0 Å². The van der Waals surface area contributed by atoms with Crippen LogP contribution in [0.5, 0.6) is 0 Å². The summed E-state index contributed by atoms with van der Waals surface area (Å²) < 4.78 is 0. The number of aromatic amines is 1. The van der Waals surface area contributed by atoms with Crippen molar-refractivity contribution in [3.05, 3.63) is 17.2 Å². The summed E-state index contributed by atoms with van der Waals surface area (Å²) in [6.45, 7) is 0. The third kappa shape index (κ3) is 1.16. The molecule has 2 rings (SSSR count). The smallest absolute Gasteiger partial charge is 0.267 e. The summed E-state index contributed by atoms with van der Waals surface area (Å²) in [7, 11) is 0. The summed E-state index contributed by atoms with van der Waals surface area (Å²) in [5, 5.41) is 0.609. The predicted octanol–water partition coefficient (Wildman–Crippen LogP) is 0.292. The molecule has 0 aliphatic carbocycles. The first kappa shape index (κ1) is 8.76. The van der Waals surface area contributed by atoms with Crippen LogP contribution in [0.4, 0.5) is 5.69 Å². The number of nitrogens with zero attached hydrogens (tertiary/aromatic N) is 2. The number of halogens is 1. The summed E-state index contributed by atoms with van der Waals surface area (Å²) in [5.74, 6) is -0.642. The van der Waals surface area contributed by atoms with Crippen LogP contribution in [-0.4, -0.2) is 20.9 Å². The van der Waals surface area contributed by atoms with E-state index < -0.39 is 5.91 Å². The maximum Gasteiger partial charge on any atom is 0.267 e. The number of nitrogens with two attached hydrogens (primary N) is 2. The molecule has 0 aromatic carbocycles. The number of H-pyrrole nitrogens is 1. The van der Waals surface area contributed by atoms with Gasteiger partial charge in [0, 0.05) is 6.20 Å². The van der Waals surface area contributed by atoms with E-state index in [2.05, 4.69) is 15.0 Å². The number of hydrogen-bond acceptors (Lipinski definition) is 4. The second-order valence-electron chi connectivity index (χ2n) is 2.68. The van der Waals surface area contributed by atoms with E-state index in [1.54, 1.807) is 0 Å². The van der Waals surface area contributed by atoms with Gasteiger partial charge in [-0.2, -0.15) is 4.98 Å². The number of nitrogen functional groups attached to an aromatic ring is 1. The number of amides is 1. The Morgan fingerprint density at radius 3 is 2.93 bits per heavy atom. The molecule has 2 aromatic rings. The second-order valence-corrected chi connectivity index (χ2v) is 3.02. The molecule has 0 saturated carbocycles. The van der Waals surface area contributed by atoms with E-state index in [1.165, 1.54) is 6.20 Å². The Morgan fingerprint density at radius 1 is 1.57 bits per heavy atom. The van der Waals surface area contributed by atoms with Gasteiger partial charge in [-0.05, 0) is 11.6 Å². The van der Waals surface area contributed by atoms with Crippen molar-refractivity contribution in [3.63, 3.8) is 0 Å². The zero-order valence-corrected chi connectivity index (χ0v) is 7.67. The summed E-state index contributed by atoms with van der Waals surface area (Å²) in [4.78, 5) is 21.2. The maximum absolute atomic E-state index is 10.9. The van der Waals surface area contributed by atoms with Gasteiger partial charge in [-0.3, -0.25) is 4.79 Å².